The molecule has 1 aliphatic carbocycles. The lowest BCUT2D eigenvalue weighted by atomic mass is 9.85. The maximum atomic E-state index is 12.7. The van der Waals surface area contributed by atoms with Gasteiger partial charge >= 0.3 is 6.18 Å². The Morgan fingerprint density at radius 2 is 1.86 bits per heavy atom. The molecule has 1 aromatic heterocycles. The smallest absolute Gasteiger partial charge is 0.349 e. The maximum Gasteiger partial charge on any atom is 0.391 e. The van der Waals surface area contributed by atoms with E-state index in [4.69, 9.17) is 23.2 Å². The molecular weight excluding hydrogens is 328 g/mol. The Balaban J connectivity index is 2.02. The van der Waals surface area contributed by atoms with Gasteiger partial charge in [-0.3, -0.25) is 4.79 Å². The molecule has 1 N–H and O–H groups in total. The van der Waals surface area contributed by atoms with Crippen LogP contribution in [-0.4, -0.2) is 23.1 Å². The molecular formula is C13H13Cl2F3N2O. The van der Waals surface area contributed by atoms with E-state index in [1.54, 1.807) is 0 Å². The standard InChI is InChI=1S/C13H13Cl2F3N2O/c14-10-4-7(5-11(15)20-10)12(21)19-9-3-1-2-8(6-9)13(16,17)18/h4-5,8-9H,1-3,6H2,(H,19,21). The summed E-state index contributed by atoms with van der Waals surface area (Å²) in [5, 5.41) is 2.73. The second kappa shape index (κ2) is 6.40. The number of aromatic nitrogens is 1. The lowest BCUT2D eigenvalue weighted by Gasteiger charge is -2.31. The molecule has 2 unspecified atom stereocenters. The van der Waals surface area contributed by atoms with Gasteiger partial charge in [0.1, 0.15) is 10.3 Å². The van der Waals surface area contributed by atoms with E-state index in [1.165, 1.54) is 12.1 Å². The summed E-state index contributed by atoms with van der Waals surface area (Å²) in [6, 6.07) is 2.16. The van der Waals surface area contributed by atoms with E-state index < -0.39 is 24.0 Å². The minimum absolute atomic E-state index is 0.0597. The summed E-state index contributed by atoms with van der Waals surface area (Å²) in [6.07, 6.45) is -3.23. The van der Waals surface area contributed by atoms with Crippen LogP contribution in [0.25, 0.3) is 0 Å². The van der Waals surface area contributed by atoms with Crippen molar-refractivity contribution in [2.45, 2.75) is 37.9 Å². The zero-order valence-electron chi connectivity index (χ0n) is 10.9. The van der Waals surface area contributed by atoms with E-state index in [2.05, 4.69) is 10.3 Å². The molecule has 1 fully saturated rings. The number of nitrogens with one attached hydrogen (secondary N) is 1. The van der Waals surface area contributed by atoms with Crippen LogP contribution in [0.4, 0.5) is 13.2 Å². The van der Waals surface area contributed by atoms with Gasteiger partial charge in [-0.25, -0.2) is 4.98 Å². The molecule has 1 aliphatic rings. The number of rotatable bonds is 2. The van der Waals surface area contributed by atoms with Gasteiger partial charge in [-0.15, -0.1) is 0 Å². The number of amides is 1. The average Bonchev–Trinajstić information content (AvgIpc) is 2.37. The summed E-state index contributed by atoms with van der Waals surface area (Å²) in [5.74, 6) is -1.85. The van der Waals surface area contributed by atoms with E-state index in [0.29, 0.717) is 12.8 Å². The van der Waals surface area contributed by atoms with Crippen molar-refractivity contribution in [1.29, 1.82) is 0 Å². The third kappa shape index (κ3) is 4.48. The van der Waals surface area contributed by atoms with Crippen molar-refractivity contribution in [2.24, 2.45) is 5.92 Å². The van der Waals surface area contributed by atoms with Crippen LogP contribution in [0.1, 0.15) is 36.0 Å². The first-order chi connectivity index (χ1) is 9.75. The number of halogens is 5. The van der Waals surface area contributed by atoms with E-state index in [1.807, 2.05) is 0 Å². The van der Waals surface area contributed by atoms with Gasteiger partial charge in [0.2, 0.25) is 0 Å². The molecule has 1 heterocycles. The quantitative estimate of drug-likeness (QED) is 0.818. The molecule has 2 rings (SSSR count). The van der Waals surface area contributed by atoms with Gasteiger partial charge in [-0.1, -0.05) is 29.6 Å². The topological polar surface area (TPSA) is 42.0 Å². The molecule has 0 spiro atoms. The minimum atomic E-state index is -4.22. The summed E-state index contributed by atoms with van der Waals surface area (Å²) in [6.45, 7) is 0. The third-order valence-electron chi connectivity index (χ3n) is 3.50. The number of pyridine rings is 1. The summed E-state index contributed by atoms with van der Waals surface area (Å²) in [7, 11) is 0. The highest BCUT2D eigenvalue weighted by molar-refractivity contribution is 6.33. The number of carbonyl (C=O) groups excluding carboxylic acids is 1. The lowest BCUT2D eigenvalue weighted by Crippen LogP contribution is -2.41. The highest BCUT2D eigenvalue weighted by Crippen LogP contribution is 2.37. The maximum absolute atomic E-state index is 12.7. The first kappa shape index (κ1) is 16.4. The molecule has 0 aromatic carbocycles. The van der Waals surface area contributed by atoms with Crippen molar-refractivity contribution >= 4 is 29.1 Å². The van der Waals surface area contributed by atoms with Crippen LogP contribution >= 0.6 is 23.2 Å². The molecule has 2 atom stereocenters. The second-order valence-corrected chi connectivity index (χ2v) is 5.85. The zero-order valence-corrected chi connectivity index (χ0v) is 12.4. The zero-order chi connectivity index (χ0) is 15.6. The normalized spacial score (nSPS) is 22.9. The number of alkyl halides is 3. The summed E-state index contributed by atoms with van der Waals surface area (Å²) < 4.78 is 38.2. The number of hydrogen-bond donors (Lipinski definition) is 1. The van der Waals surface area contributed by atoms with E-state index in [0.717, 1.165) is 0 Å². The molecule has 0 radical (unpaired) electrons. The van der Waals surface area contributed by atoms with Crippen LogP contribution < -0.4 is 5.32 Å². The number of hydrogen-bond acceptors (Lipinski definition) is 2. The van der Waals surface area contributed by atoms with Gasteiger partial charge in [-0.05, 0) is 31.4 Å². The summed E-state index contributed by atoms with van der Waals surface area (Å²) >= 11 is 11.4. The fourth-order valence-electron chi connectivity index (χ4n) is 2.48. The SMILES string of the molecule is O=C(NC1CCCC(C(F)(F)F)C1)c1cc(Cl)nc(Cl)c1. The van der Waals surface area contributed by atoms with Gasteiger partial charge in [-0.2, -0.15) is 13.2 Å². The van der Waals surface area contributed by atoms with Gasteiger partial charge in [0.05, 0.1) is 5.92 Å². The molecule has 8 heteroatoms. The minimum Gasteiger partial charge on any atom is -0.349 e. The Labute approximate surface area is 129 Å². The van der Waals surface area contributed by atoms with Crippen LogP contribution in [-0.2, 0) is 0 Å². The number of carbonyl (C=O) groups is 1. The van der Waals surface area contributed by atoms with Crippen LogP contribution in [0, 0.1) is 5.92 Å². The van der Waals surface area contributed by atoms with E-state index in [-0.39, 0.29) is 28.7 Å². The highest BCUT2D eigenvalue weighted by Gasteiger charge is 2.42. The van der Waals surface area contributed by atoms with E-state index in [9.17, 15) is 18.0 Å². The van der Waals surface area contributed by atoms with Crippen molar-refractivity contribution in [2.75, 3.05) is 0 Å². The Hall–Kier alpha value is -1.01. The van der Waals surface area contributed by atoms with Crippen molar-refractivity contribution < 1.29 is 18.0 Å². The Morgan fingerprint density at radius 1 is 1.24 bits per heavy atom. The molecule has 1 aromatic rings. The average molecular weight is 341 g/mol. The van der Waals surface area contributed by atoms with Crippen LogP contribution in [0.5, 0.6) is 0 Å². The third-order valence-corrected chi connectivity index (χ3v) is 3.88. The Bertz CT molecular complexity index is 516. The largest absolute Gasteiger partial charge is 0.391 e. The van der Waals surface area contributed by atoms with Crippen LogP contribution in [0.3, 0.4) is 0 Å². The fourth-order valence-corrected chi connectivity index (χ4v) is 2.94. The van der Waals surface area contributed by atoms with E-state index >= 15 is 0 Å². The molecule has 116 valence electrons. The van der Waals surface area contributed by atoms with Crippen molar-refractivity contribution in [3.8, 4) is 0 Å². The van der Waals surface area contributed by atoms with Crippen molar-refractivity contribution in [1.82, 2.24) is 10.3 Å². The van der Waals surface area contributed by atoms with Gasteiger partial charge in [0.25, 0.3) is 5.91 Å². The van der Waals surface area contributed by atoms with Gasteiger partial charge < -0.3 is 5.32 Å². The number of nitrogens with zero attached hydrogens (tertiary/aromatic N) is 1. The predicted molar refractivity (Wildman–Crippen MR) is 73.5 cm³/mol. The second-order valence-electron chi connectivity index (χ2n) is 5.08. The Kier molecular flexibility index (Phi) is 4.99. The summed E-state index contributed by atoms with van der Waals surface area (Å²) in [4.78, 5) is 15.7. The van der Waals surface area contributed by atoms with Crippen LogP contribution in [0.15, 0.2) is 12.1 Å². The predicted octanol–water partition coefficient (Wildman–Crippen LogP) is 4.24. The molecule has 0 aliphatic heterocycles. The van der Waals surface area contributed by atoms with Gasteiger partial charge in [0, 0.05) is 11.6 Å². The lowest BCUT2D eigenvalue weighted by molar-refractivity contribution is -0.183. The monoisotopic (exact) mass is 340 g/mol. The van der Waals surface area contributed by atoms with Crippen molar-refractivity contribution in [3.05, 3.63) is 28.0 Å². The van der Waals surface area contributed by atoms with Gasteiger partial charge in [0.15, 0.2) is 0 Å². The molecule has 0 bridgehead atoms. The molecule has 21 heavy (non-hydrogen) atoms. The van der Waals surface area contributed by atoms with Crippen LogP contribution in [0.2, 0.25) is 10.3 Å². The first-order valence-corrected chi connectivity index (χ1v) is 7.22. The molecule has 1 saturated carbocycles. The Morgan fingerprint density at radius 3 is 2.43 bits per heavy atom. The summed E-state index contributed by atoms with van der Waals surface area (Å²) in [5.41, 5.74) is 0.189. The molecule has 0 saturated heterocycles. The first-order valence-electron chi connectivity index (χ1n) is 6.46. The van der Waals surface area contributed by atoms with Crippen molar-refractivity contribution in [3.63, 3.8) is 0 Å². The molecule has 1 amide bonds. The molecule has 3 nitrogen and oxygen atoms in total. The highest BCUT2D eigenvalue weighted by atomic mass is 35.5. The fraction of sp³-hybridized carbons (Fsp3) is 0.538.